The number of amides is 1. The number of nitrogens with zero attached hydrogens (tertiary/aromatic N) is 2. The highest BCUT2D eigenvalue weighted by Gasteiger charge is 2.09. The molecule has 5 heteroatoms. The highest BCUT2D eigenvalue weighted by atomic mass is 79.9. The maximum atomic E-state index is 11.6. The fourth-order valence-corrected chi connectivity index (χ4v) is 2.01. The molecule has 0 saturated heterocycles. The van der Waals surface area contributed by atoms with Crippen LogP contribution in [0.15, 0.2) is 36.4 Å². The second kappa shape index (κ2) is 5.82. The predicted molar refractivity (Wildman–Crippen MR) is 75.3 cm³/mol. The van der Waals surface area contributed by atoms with Gasteiger partial charge in [0.1, 0.15) is 5.82 Å². The van der Waals surface area contributed by atoms with Crippen molar-refractivity contribution < 1.29 is 4.79 Å². The fraction of sp³-hybridized carbons (Fsp3) is 0.231. The van der Waals surface area contributed by atoms with Gasteiger partial charge in [0, 0.05) is 17.8 Å². The van der Waals surface area contributed by atoms with Gasteiger partial charge in [-0.25, -0.2) is 4.68 Å². The van der Waals surface area contributed by atoms with E-state index in [0.717, 1.165) is 11.4 Å². The summed E-state index contributed by atoms with van der Waals surface area (Å²) in [6, 6.07) is 11.6. The monoisotopic (exact) mass is 307 g/mol. The second-order valence-electron chi connectivity index (χ2n) is 3.91. The van der Waals surface area contributed by atoms with Crippen LogP contribution in [-0.4, -0.2) is 21.0 Å². The van der Waals surface area contributed by atoms with E-state index in [4.69, 9.17) is 0 Å². The zero-order valence-corrected chi connectivity index (χ0v) is 11.6. The standard InChI is InChI=1S/C13H14BrN3O/c1-10-9-12(15-13(18)7-8-14)17(16-10)11-5-3-2-4-6-11/h2-6,9H,7-8H2,1H3,(H,15,18). The maximum absolute atomic E-state index is 11.6. The largest absolute Gasteiger partial charge is 0.311 e. The first-order valence-corrected chi connectivity index (χ1v) is 6.81. The Morgan fingerprint density at radius 2 is 2.11 bits per heavy atom. The fourth-order valence-electron chi connectivity index (χ4n) is 1.65. The van der Waals surface area contributed by atoms with E-state index < -0.39 is 0 Å². The lowest BCUT2D eigenvalue weighted by Gasteiger charge is -2.08. The van der Waals surface area contributed by atoms with Crippen molar-refractivity contribution in [1.82, 2.24) is 9.78 Å². The average Bonchev–Trinajstić information content (AvgIpc) is 2.71. The van der Waals surface area contributed by atoms with Gasteiger partial charge in [0.15, 0.2) is 0 Å². The van der Waals surface area contributed by atoms with Crippen LogP contribution in [0.3, 0.4) is 0 Å². The molecule has 1 N–H and O–H groups in total. The molecule has 94 valence electrons. The average molecular weight is 308 g/mol. The lowest BCUT2D eigenvalue weighted by Crippen LogP contribution is -2.14. The lowest BCUT2D eigenvalue weighted by molar-refractivity contribution is -0.115. The third-order valence-electron chi connectivity index (χ3n) is 2.42. The normalized spacial score (nSPS) is 10.3. The first kappa shape index (κ1) is 12.8. The van der Waals surface area contributed by atoms with Crippen molar-refractivity contribution in [2.45, 2.75) is 13.3 Å². The van der Waals surface area contributed by atoms with E-state index in [-0.39, 0.29) is 5.91 Å². The molecule has 4 nitrogen and oxygen atoms in total. The van der Waals surface area contributed by atoms with Gasteiger partial charge in [-0.1, -0.05) is 34.1 Å². The summed E-state index contributed by atoms with van der Waals surface area (Å²) in [5, 5.41) is 7.90. The first-order chi connectivity index (χ1) is 8.70. The minimum Gasteiger partial charge on any atom is -0.311 e. The molecular formula is C13H14BrN3O. The number of nitrogens with one attached hydrogen (secondary N) is 1. The van der Waals surface area contributed by atoms with Crippen molar-refractivity contribution in [3.63, 3.8) is 0 Å². The van der Waals surface area contributed by atoms with Crippen LogP contribution in [0.25, 0.3) is 5.69 Å². The highest BCUT2D eigenvalue weighted by molar-refractivity contribution is 9.09. The number of aryl methyl sites for hydroxylation is 1. The van der Waals surface area contributed by atoms with Crippen molar-refractivity contribution in [3.8, 4) is 5.69 Å². The lowest BCUT2D eigenvalue weighted by atomic mass is 10.3. The zero-order chi connectivity index (χ0) is 13.0. The van der Waals surface area contributed by atoms with Crippen molar-refractivity contribution in [1.29, 1.82) is 0 Å². The Morgan fingerprint density at radius 1 is 1.39 bits per heavy atom. The number of rotatable bonds is 4. The number of aromatic nitrogens is 2. The second-order valence-corrected chi connectivity index (χ2v) is 4.70. The molecule has 18 heavy (non-hydrogen) atoms. The van der Waals surface area contributed by atoms with Crippen LogP contribution in [0.4, 0.5) is 5.82 Å². The van der Waals surface area contributed by atoms with Crippen LogP contribution in [-0.2, 0) is 4.79 Å². The van der Waals surface area contributed by atoms with Gasteiger partial charge >= 0.3 is 0 Å². The summed E-state index contributed by atoms with van der Waals surface area (Å²) in [5.74, 6) is 0.675. The summed E-state index contributed by atoms with van der Waals surface area (Å²) in [5.41, 5.74) is 1.80. The topological polar surface area (TPSA) is 46.9 Å². The van der Waals surface area contributed by atoms with Gasteiger partial charge in [0.05, 0.1) is 11.4 Å². The van der Waals surface area contributed by atoms with E-state index in [1.54, 1.807) is 4.68 Å². The highest BCUT2D eigenvalue weighted by Crippen LogP contribution is 2.17. The van der Waals surface area contributed by atoms with Gasteiger partial charge < -0.3 is 5.32 Å². The van der Waals surface area contributed by atoms with Crippen LogP contribution in [0.5, 0.6) is 0 Å². The molecule has 2 aromatic rings. The van der Waals surface area contributed by atoms with Crippen LogP contribution in [0, 0.1) is 6.92 Å². The minimum atomic E-state index is -0.0241. The van der Waals surface area contributed by atoms with E-state index in [1.165, 1.54) is 0 Å². The summed E-state index contributed by atoms with van der Waals surface area (Å²) >= 11 is 3.25. The van der Waals surface area contributed by atoms with Gasteiger partial charge in [-0.3, -0.25) is 4.79 Å². The maximum Gasteiger partial charge on any atom is 0.226 e. The van der Waals surface area contributed by atoms with Gasteiger partial charge in [-0.05, 0) is 19.1 Å². The molecule has 0 saturated carbocycles. The van der Waals surface area contributed by atoms with Gasteiger partial charge in [-0.2, -0.15) is 5.10 Å². The number of anilines is 1. The van der Waals surface area contributed by atoms with Gasteiger partial charge in [0.25, 0.3) is 0 Å². The molecule has 0 atom stereocenters. The quantitative estimate of drug-likeness (QED) is 0.883. The molecule has 1 amide bonds. The molecule has 0 spiro atoms. The molecule has 0 bridgehead atoms. The molecule has 0 aliphatic heterocycles. The predicted octanol–water partition coefficient (Wildman–Crippen LogP) is 2.90. The Morgan fingerprint density at radius 3 is 2.78 bits per heavy atom. The molecule has 0 fully saturated rings. The Bertz CT molecular complexity index is 536. The molecule has 2 rings (SSSR count). The van der Waals surface area contributed by atoms with Gasteiger partial charge in [-0.15, -0.1) is 0 Å². The molecule has 1 aromatic carbocycles. The number of hydrogen-bond acceptors (Lipinski definition) is 2. The molecule has 1 heterocycles. The molecule has 1 aromatic heterocycles. The Hall–Kier alpha value is -1.62. The van der Waals surface area contributed by atoms with E-state index in [2.05, 4.69) is 26.3 Å². The van der Waals surface area contributed by atoms with E-state index >= 15 is 0 Å². The van der Waals surface area contributed by atoms with Gasteiger partial charge in [0.2, 0.25) is 5.91 Å². The Kier molecular flexibility index (Phi) is 4.15. The number of alkyl halides is 1. The van der Waals surface area contributed by atoms with Crippen LogP contribution < -0.4 is 5.32 Å². The molecule has 0 unspecified atom stereocenters. The summed E-state index contributed by atoms with van der Waals surface area (Å²) in [6.45, 7) is 1.90. The number of carbonyl (C=O) groups is 1. The SMILES string of the molecule is Cc1cc(NC(=O)CCBr)n(-c2ccccc2)n1. The Balaban J connectivity index is 2.29. The summed E-state index contributed by atoms with van der Waals surface area (Å²) in [6.07, 6.45) is 0.443. The smallest absolute Gasteiger partial charge is 0.226 e. The third kappa shape index (κ3) is 2.98. The van der Waals surface area contributed by atoms with E-state index in [9.17, 15) is 4.79 Å². The minimum absolute atomic E-state index is 0.0241. The van der Waals surface area contributed by atoms with E-state index in [0.29, 0.717) is 17.6 Å². The van der Waals surface area contributed by atoms with Crippen molar-refractivity contribution in [2.75, 3.05) is 10.6 Å². The number of halogens is 1. The van der Waals surface area contributed by atoms with Crippen molar-refractivity contribution in [2.24, 2.45) is 0 Å². The van der Waals surface area contributed by atoms with Crippen LogP contribution in [0.2, 0.25) is 0 Å². The summed E-state index contributed by atoms with van der Waals surface area (Å²) < 4.78 is 1.74. The van der Waals surface area contributed by atoms with Crippen molar-refractivity contribution >= 4 is 27.7 Å². The number of para-hydroxylation sites is 1. The Labute approximate surface area is 114 Å². The number of carbonyl (C=O) groups excluding carboxylic acids is 1. The van der Waals surface area contributed by atoms with Crippen LogP contribution in [0.1, 0.15) is 12.1 Å². The molecule has 0 aliphatic rings. The third-order valence-corrected chi connectivity index (χ3v) is 2.82. The molecule has 0 aliphatic carbocycles. The first-order valence-electron chi connectivity index (χ1n) is 5.68. The summed E-state index contributed by atoms with van der Waals surface area (Å²) in [7, 11) is 0. The number of hydrogen-bond donors (Lipinski definition) is 1. The zero-order valence-electron chi connectivity index (χ0n) is 10.1. The molecular weight excluding hydrogens is 294 g/mol. The molecule has 0 radical (unpaired) electrons. The van der Waals surface area contributed by atoms with Crippen molar-refractivity contribution in [3.05, 3.63) is 42.1 Å². The number of benzene rings is 1. The van der Waals surface area contributed by atoms with Crippen LogP contribution >= 0.6 is 15.9 Å². The summed E-state index contributed by atoms with van der Waals surface area (Å²) in [4.78, 5) is 11.6. The van der Waals surface area contributed by atoms with E-state index in [1.807, 2.05) is 43.3 Å².